The summed E-state index contributed by atoms with van der Waals surface area (Å²) >= 11 is 3.07. The van der Waals surface area contributed by atoms with Gasteiger partial charge in [-0.15, -0.1) is 0 Å². The zero-order valence-corrected chi connectivity index (χ0v) is 9.18. The van der Waals surface area contributed by atoms with E-state index in [0.29, 0.717) is 22.4 Å². The molecule has 0 bridgehead atoms. The number of Topliss-reactive ketones (excluding diaryl/α,β-unsaturated/α-hetero) is 1. The summed E-state index contributed by atoms with van der Waals surface area (Å²) in [4.78, 5) is 11.6. The molecule has 0 radical (unpaired) electrons. The van der Waals surface area contributed by atoms with E-state index in [-0.39, 0.29) is 11.6 Å². The summed E-state index contributed by atoms with van der Waals surface area (Å²) in [7, 11) is 0. The van der Waals surface area contributed by atoms with Crippen molar-refractivity contribution < 1.29 is 9.18 Å². The highest BCUT2D eigenvalue weighted by atomic mass is 79.9. The third-order valence-electron chi connectivity index (χ3n) is 2.41. The van der Waals surface area contributed by atoms with Crippen molar-refractivity contribution in [3.63, 3.8) is 0 Å². The van der Waals surface area contributed by atoms with Gasteiger partial charge in [0.25, 0.3) is 0 Å². The van der Waals surface area contributed by atoms with Gasteiger partial charge in [0.1, 0.15) is 5.82 Å². The maximum Gasteiger partial charge on any atom is 0.163 e. The molecule has 1 aromatic rings. The number of ketones is 1. The lowest BCUT2D eigenvalue weighted by atomic mass is 10.1. The van der Waals surface area contributed by atoms with Crippen molar-refractivity contribution in [3.8, 4) is 0 Å². The zero-order valence-electron chi connectivity index (χ0n) is 7.59. The Labute approximate surface area is 90.4 Å². The molecule has 0 saturated heterocycles. The molecule has 14 heavy (non-hydrogen) atoms. The van der Waals surface area contributed by atoms with Gasteiger partial charge in [-0.25, -0.2) is 4.39 Å². The highest BCUT2D eigenvalue weighted by Crippen LogP contribution is 2.33. The molecular weight excluding hydrogens is 247 g/mol. The molecule has 2 rings (SSSR count). The van der Waals surface area contributed by atoms with Crippen molar-refractivity contribution in [3.05, 3.63) is 34.1 Å². The van der Waals surface area contributed by atoms with Crippen LogP contribution in [0.5, 0.6) is 0 Å². The summed E-state index contributed by atoms with van der Waals surface area (Å²) in [6.07, 6.45) is 2.93. The van der Waals surface area contributed by atoms with Crippen molar-refractivity contribution in [2.75, 3.05) is 0 Å². The third-order valence-corrected chi connectivity index (χ3v) is 3.02. The Kier molecular flexibility index (Phi) is 2.68. The van der Waals surface area contributed by atoms with E-state index >= 15 is 0 Å². The SMILES string of the molecule is O=C(CC1CC1)c1ccc(F)c(Br)c1. The van der Waals surface area contributed by atoms with E-state index in [1.807, 2.05) is 0 Å². The van der Waals surface area contributed by atoms with Crippen LogP contribution in [-0.2, 0) is 0 Å². The fraction of sp³-hybridized carbons (Fsp3) is 0.364. The molecule has 0 spiro atoms. The number of hydrogen-bond donors (Lipinski definition) is 0. The van der Waals surface area contributed by atoms with Crippen LogP contribution in [0.2, 0.25) is 0 Å². The molecule has 3 heteroatoms. The number of halogens is 2. The van der Waals surface area contributed by atoms with Crippen molar-refractivity contribution in [1.82, 2.24) is 0 Å². The summed E-state index contributed by atoms with van der Waals surface area (Å²) in [6.45, 7) is 0. The Hall–Kier alpha value is -0.700. The van der Waals surface area contributed by atoms with Crippen molar-refractivity contribution in [1.29, 1.82) is 0 Å². The van der Waals surface area contributed by atoms with E-state index in [2.05, 4.69) is 15.9 Å². The summed E-state index contributed by atoms with van der Waals surface area (Å²) in [6, 6.07) is 4.43. The first-order chi connectivity index (χ1) is 6.66. The Balaban J connectivity index is 2.14. The topological polar surface area (TPSA) is 17.1 Å². The second-order valence-electron chi connectivity index (χ2n) is 3.70. The molecule has 0 N–H and O–H groups in total. The monoisotopic (exact) mass is 256 g/mol. The highest BCUT2D eigenvalue weighted by molar-refractivity contribution is 9.10. The molecule has 0 aliphatic heterocycles. The van der Waals surface area contributed by atoms with Crippen LogP contribution < -0.4 is 0 Å². The normalized spacial score (nSPS) is 15.6. The predicted molar refractivity (Wildman–Crippen MR) is 55.8 cm³/mol. The molecule has 0 heterocycles. The van der Waals surface area contributed by atoms with Gasteiger partial charge in [-0.3, -0.25) is 4.79 Å². The summed E-state index contributed by atoms with van der Waals surface area (Å²) < 4.78 is 13.2. The standard InChI is InChI=1S/C11H10BrFO/c12-9-6-8(3-4-10(9)13)11(14)5-7-1-2-7/h3-4,6-7H,1-2,5H2. The van der Waals surface area contributed by atoms with Gasteiger partial charge in [0.2, 0.25) is 0 Å². The number of carbonyl (C=O) groups is 1. The van der Waals surface area contributed by atoms with Gasteiger partial charge in [0, 0.05) is 12.0 Å². The van der Waals surface area contributed by atoms with E-state index < -0.39 is 0 Å². The molecule has 1 nitrogen and oxygen atoms in total. The first kappa shape index (κ1) is 9.84. The highest BCUT2D eigenvalue weighted by Gasteiger charge is 2.25. The van der Waals surface area contributed by atoms with Gasteiger partial charge >= 0.3 is 0 Å². The smallest absolute Gasteiger partial charge is 0.163 e. The number of hydrogen-bond acceptors (Lipinski definition) is 1. The average molecular weight is 257 g/mol. The largest absolute Gasteiger partial charge is 0.294 e. The maximum absolute atomic E-state index is 12.9. The lowest BCUT2D eigenvalue weighted by Gasteiger charge is -2.00. The lowest BCUT2D eigenvalue weighted by Crippen LogP contribution is -2.00. The van der Waals surface area contributed by atoms with Crippen LogP contribution in [0.25, 0.3) is 0 Å². The molecule has 1 aliphatic carbocycles. The first-order valence-corrected chi connectivity index (χ1v) is 5.44. The summed E-state index contributed by atoms with van der Waals surface area (Å²) in [5.41, 5.74) is 0.602. The van der Waals surface area contributed by atoms with Crippen LogP contribution in [0.4, 0.5) is 4.39 Å². The van der Waals surface area contributed by atoms with E-state index in [4.69, 9.17) is 0 Å². The maximum atomic E-state index is 12.9. The minimum atomic E-state index is -0.326. The van der Waals surface area contributed by atoms with Gasteiger partial charge in [0.15, 0.2) is 5.78 Å². The molecule has 1 saturated carbocycles. The Bertz CT molecular complexity index is 372. The molecule has 74 valence electrons. The van der Waals surface area contributed by atoms with Crippen LogP contribution in [0.1, 0.15) is 29.6 Å². The third kappa shape index (κ3) is 2.21. The second-order valence-corrected chi connectivity index (χ2v) is 4.55. The fourth-order valence-electron chi connectivity index (χ4n) is 1.37. The van der Waals surface area contributed by atoms with Gasteiger partial charge in [-0.05, 0) is 52.9 Å². The molecule has 0 aromatic heterocycles. The Morgan fingerprint density at radius 1 is 1.50 bits per heavy atom. The van der Waals surface area contributed by atoms with Crippen LogP contribution >= 0.6 is 15.9 Å². The fourth-order valence-corrected chi connectivity index (χ4v) is 1.75. The molecule has 1 fully saturated rings. The molecule has 1 aromatic carbocycles. The van der Waals surface area contributed by atoms with Gasteiger partial charge in [-0.2, -0.15) is 0 Å². The van der Waals surface area contributed by atoms with Crippen LogP contribution in [0.3, 0.4) is 0 Å². The number of rotatable bonds is 3. The lowest BCUT2D eigenvalue weighted by molar-refractivity contribution is 0.0976. The van der Waals surface area contributed by atoms with Crippen molar-refractivity contribution in [2.24, 2.45) is 5.92 Å². The quantitative estimate of drug-likeness (QED) is 0.756. The van der Waals surface area contributed by atoms with Crippen LogP contribution in [0, 0.1) is 11.7 Å². The van der Waals surface area contributed by atoms with Crippen LogP contribution in [0.15, 0.2) is 22.7 Å². The van der Waals surface area contributed by atoms with Gasteiger partial charge in [0.05, 0.1) is 4.47 Å². The Morgan fingerprint density at radius 2 is 2.21 bits per heavy atom. The van der Waals surface area contributed by atoms with E-state index in [9.17, 15) is 9.18 Å². The number of carbonyl (C=O) groups excluding carboxylic acids is 1. The molecule has 1 aliphatic rings. The van der Waals surface area contributed by atoms with Crippen molar-refractivity contribution in [2.45, 2.75) is 19.3 Å². The number of benzene rings is 1. The van der Waals surface area contributed by atoms with Gasteiger partial charge < -0.3 is 0 Å². The van der Waals surface area contributed by atoms with E-state index in [1.54, 1.807) is 12.1 Å². The molecule has 0 atom stereocenters. The average Bonchev–Trinajstić information content (AvgIpc) is 2.93. The second kappa shape index (κ2) is 3.81. The summed E-state index contributed by atoms with van der Waals surface area (Å²) in [5, 5.41) is 0. The van der Waals surface area contributed by atoms with E-state index in [1.165, 1.54) is 6.07 Å². The minimum absolute atomic E-state index is 0.119. The zero-order chi connectivity index (χ0) is 10.1. The van der Waals surface area contributed by atoms with E-state index in [0.717, 1.165) is 12.8 Å². The minimum Gasteiger partial charge on any atom is -0.294 e. The summed E-state index contributed by atoms with van der Waals surface area (Å²) in [5.74, 6) is 0.368. The van der Waals surface area contributed by atoms with Gasteiger partial charge in [-0.1, -0.05) is 0 Å². The molecule has 0 unspecified atom stereocenters. The molecular formula is C11H10BrFO. The first-order valence-electron chi connectivity index (χ1n) is 4.65. The predicted octanol–water partition coefficient (Wildman–Crippen LogP) is 3.57. The molecule has 0 amide bonds. The van der Waals surface area contributed by atoms with Crippen molar-refractivity contribution >= 4 is 21.7 Å². The van der Waals surface area contributed by atoms with Crippen LogP contribution in [-0.4, -0.2) is 5.78 Å². The Morgan fingerprint density at radius 3 is 2.79 bits per heavy atom.